The number of halogens is 10. The SMILES string of the molecule is CC12CC=C3C(CC[C@@]45CC6(CCC34O5)OCCO6)C1CCC2=O.CN(c1cc[c-]cc1)C1CCCCC1.CN(c1ccc(C2CC3(C)C(=O)CCC3C3CC[C@@]4(O)CC5(CCC4=C23)OCCO5)cc1)C1CCCCC1.IC(I)I.I[I-]I.[Br-].[CH2-]I.[Cl][Cu][Cl].[Cu].[Mg+2].[V]. The largest absolute Gasteiger partial charge is 2.00 e. The van der Waals surface area contributed by atoms with Gasteiger partial charge in [0.1, 0.15) is 22.7 Å². The first kappa shape index (κ1) is 87.8. The molecule has 523 valence electrons. The monoisotopic (exact) mass is 2300 g/mol. The molecule has 24 heteroatoms. The normalized spacial score (nSPS) is 33.7. The van der Waals surface area contributed by atoms with E-state index < -0.39 is 11.4 Å². The van der Waals surface area contributed by atoms with Crippen molar-refractivity contribution < 1.29 is 117 Å². The fraction of sp³-hybridized carbons (Fsp3) is 0.721. The third-order valence-corrected chi connectivity index (χ3v) is 23.4. The molecule has 3 heterocycles. The van der Waals surface area contributed by atoms with Crippen LogP contribution >= 0.6 is 148 Å². The molecule has 0 aromatic heterocycles. The molecule has 2 spiro atoms. The van der Waals surface area contributed by atoms with Gasteiger partial charge in [-0.25, -0.2) is 0 Å². The number of epoxide rings is 1. The summed E-state index contributed by atoms with van der Waals surface area (Å²) in [5.41, 5.74) is 6.90. The van der Waals surface area contributed by atoms with Crippen molar-refractivity contribution in [3.8, 4) is 0 Å². The van der Waals surface area contributed by atoms with Crippen LogP contribution in [0.1, 0.15) is 192 Å². The summed E-state index contributed by atoms with van der Waals surface area (Å²) in [4.78, 5) is 33.9. The zero-order valence-electron chi connectivity index (χ0n) is 53.5. The number of nitrogens with zero attached hydrogens (tertiary/aromatic N) is 2. The second kappa shape index (κ2) is 39.7. The summed E-state index contributed by atoms with van der Waals surface area (Å²) in [6.07, 6.45) is 30.3. The summed E-state index contributed by atoms with van der Waals surface area (Å²) < 4.78 is 31.4. The van der Waals surface area contributed by atoms with E-state index >= 15 is 0 Å². The van der Waals surface area contributed by atoms with E-state index in [2.05, 4.69) is 216 Å². The zero-order chi connectivity index (χ0) is 63.1. The zero-order valence-corrected chi connectivity index (χ0v) is 76.4. The molecule has 1 N–H and O–H groups in total. The van der Waals surface area contributed by atoms with Gasteiger partial charge in [0.2, 0.25) is 0 Å². The molecule has 3 aliphatic heterocycles. The Hall–Kier alpha value is 5.18. The van der Waals surface area contributed by atoms with E-state index in [1.165, 1.54) is 92.3 Å². The van der Waals surface area contributed by atoms with Crippen LogP contribution in [0.5, 0.6) is 0 Å². The molecule has 3 saturated heterocycles. The molecular formula is C68H92BrCl2Cu2I7MgN2O8V-2. The molecule has 15 rings (SSSR count). The number of fused-ring (bicyclic) bond motifs is 7. The Kier molecular flexibility index (Phi) is 37.9. The van der Waals surface area contributed by atoms with Gasteiger partial charge < -0.3 is 78.2 Å². The van der Waals surface area contributed by atoms with Crippen molar-refractivity contribution in [2.45, 2.75) is 227 Å². The van der Waals surface area contributed by atoms with Crippen LogP contribution in [0.15, 0.2) is 71.3 Å². The maximum absolute atomic E-state index is 13.3. The van der Waals surface area contributed by atoms with E-state index in [1.807, 2.05) is 34.7 Å². The van der Waals surface area contributed by atoms with Crippen molar-refractivity contribution in [2.24, 2.45) is 34.5 Å². The van der Waals surface area contributed by atoms with Crippen molar-refractivity contribution in [1.29, 1.82) is 0 Å². The van der Waals surface area contributed by atoms with Crippen LogP contribution in [0, 0.1) is 45.5 Å². The molecule has 10 nitrogen and oxygen atoms in total. The number of anilines is 2. The van der Waals surface area contributed by atoms with Crippen molar-refractivity contribution in [3.63, 3.8) is 0 Å². The fourth-order valence-electron chi connectivity index (χ4n) is 19.1. The van der Waals surface area contributed by atoms with Crippen LogP contribution in [0.3, 0.4) is 0 Å². The average molecular weight is 2310 g/mol. The molecule has 2 aromatic carbocycles. The maximum atomic E-state index is 13.3. The number of alkyl halides is 3. The van der Waals surface area contributed by atoms with E-state index in [1.54, 1.807) is 5.57 Å². The summed E-state index contributed by atoms with van der Waals surface area (Å²) >= 11 is 14.9. The van der Waals surface area contributed by atoms with Crippen molar-refractivity contribution in [2.75, 3.05) is 50.3 Å². The summed E-state index contributed by atoms with van der Waals surface area (Å²) in [6, 6.07) is 22.0. The molecule has 11 fully saturated rings. The molecule has 13 aliphatic rings. The molecule has 2 radical (unpaired) electrons. The van der Waals surface area contributed by atoms with Crippen LogP contribution in [0.25, 0.3) is 0 Å². The molecule has 92 heavy (non-hydrogen) atoms. The predicted molar refractivity (Wildman–Crippen MR) is 406 cm³/mol. The second-order valence-corrected chi connectivity index (χ2v) is 56.0. The van der Waals surface area contributed by atoms with Gasteiger partial charge in [0.25, 0.3) is 0 Å². The second-order valence-electron chi connectivity index (χ2n) is 27.3. The van der Waals surface area contributed by atoms with Crippen LogP contribution in [0.2, 0.25) is 0 Å². The van der Waals surface area contributed by atoms with E-state index in [4.69, 9.17) is 23.7 Å². The average Bonchev–Trinajstić information content (AvgIpc) is 1.48. The Labute approximate surface area is 699 Å². The summed E-state index contributed by atoms with van der Waals surface area (Å²) in [5.74, 6) is 2.05. The number of rotatable bonds is 5. The third kappa shape index (κ3) is 19.5. The van der Waals surface area contributed by atoms with Gasteiger partial charge in [-0.1, -0.05) is 150 Å². The number of hydrogen-bond donors (Lipinski definition) is 1. The first-order chi connectivity index (χ1) is 42.3. The number of allylic oxidation sites excluding steroid dienone is 2. The fourth-order valence-corrected chi connectivity index (χ4v) is 19.1. The standard InChI is InChI=1S/C33H45NO4.C20H26O4.C13H18N.CHI3.CH2I.BrH.2ClH.2Cu.I3.Mg.V/c1-31-20-26(22-8-10-24(11-9-22)34(2)23-6-4-3-5-7-23)30-25(27(31)12-13-29(31)35)14-16-32(36)21-33(17-15-28(30)32)37-18-19-38-33;1-17-6-5-15-13(14(17)2-3-16(17)21)4-7-18-12-19(22-10-11-23-19)8-9-20(15,18)24-18;1-14(12-8-4-2-5-9-12)13-10-6-3-7-11-13;2-1(3)4;1-2;;;;;;1-3-2;;/h8-11,23,25-27,36H,3-7,12-21H2,1-2H3;5,13-14H,2-4,6-12H2,1H3;6-7,10-12H,2,4-5,8-9H2,1H3;1H;1H2;3*1H;;;;;/q;;-1;;-1;;;;;+2;-1;+2;/p-3/t25?,26?,27?,31?,32-;13?,14?,17?,18-,20?;;;;;;;;;;;/m11.........../s1. The number of carbonyl (C=O) groups excluding carboxylic acids is 2. The number of aliphatic hydroxyl groups is 1. The molecule has 0 amide bonds. The molecule has 10 atom stereocenters. The Bertz CT molecular complexity index is 2720. The molecule has 8 unspecified atom stereocenters. The van der Waals surface area contributed by atoms with Gasteiger partial charge in [0.05, 0.1) is 32.0 Å². The van der Waals surface area contributed by atoms with Gasteiger partial charge in [0.15, 0.2) is 11.6 Å². The minimum atomic E-state index is -0.857. The minimum absolute atomic E-state index is 0. The molecule has 2 aromatic rings. The molecule has 10 aliphatic carbocycles. The Balaban J connectivity index is 0.000000244. The van der Waals surface area contributed by atoms with E-state index in [0.717, 1.165) is 122 Å². The Morgan fingerprint density at radius 2 is 1.14 bits per heavy atom. The number of Topliss-reactive ketones (excluding diaryl/α,β-unsaturated/α-hetero) is 2. The first-order valence-electron chi connectivity index (χ1n) is 32.2. The molecule has 0 bridgehead atoms. The van der Waals surface area contributed by atoms with Crippen LogP contribution in [0.4, 0.5) is 11.4 Å². The van der Waals surface area contributed by atoms with Crippen molar-refractivity contribution in [3.05, 3.63) is 87.9 Å². The first-order valence-corrected chi connectivity index (χ1v) is 52.6. The predicted octanol–water partition coefficient (Wildman–Crippen LogP) is 13.3. The number of benzene rings is 2. The third-order valence-electron chi connectivity index (χ3n) is 23.4. The van der Waals surface area contributed by atoms with E-state index in [-0.39, 0.29) is 109 Å². The number of carbonyl (C=O) groups is 2. The van der Waals surface area contributed by atoms with Gasteiger partial charge in [-0.15, -0.1) is 12.1 Å². The van der Waals surface area contributed by atoms with Gasteiger partial charge in [0, 0.05) is 123 Å². The van der Waals surface area contributed by atoms with E-state index in [9.17, 15) is 14.7 Å². The Morgan fingerprint density at radius 1 is 0.674 bits per heavy atom. The Morgan fingerprint density at radius 3 is 1.66 bits per heavy atom. The number of ketones is 2. The van der Waals surface area contributed by atoms with Crippen LogP contribution in [-0.4, -0.2) is 121 Å². The summed E-state index contributed by atoms with van der Waals surface area (Å²) in [7, 11) is 13.8. The number of ether oxygens (including phenoxy) is 5. The minimum Gasteiger partial charge on any atom is 0 e. The van der Waals surface area contributed by atoms with Gasteiger partial charge in [-0.3, -0.25) is 14.5 Å². The van der Waals surface area contributed by atoms with Crippen LogP contribution in [-0.2, 0) is 82.0 Å². The van der Waals surface area contributed by atoms with Crippen LogP contribution < -0.4 is 40.0 Å². The topological polar surface area (TPSA) is 110 Å². The molecule has 8 saturated carbocycles. The van der Waals surface area contributed by atoms with Gasteiger partial charge in [-0.05, 0) is 142 Å². The summed E-state index contributed by atoms with van der Waals surface area (Å²) in [6.45, 7) is 7.15. The van der Waals surface area contributed by atoms with Gasteiger partial charge in [-0.2, -0.15) is 18.2 Å². The maximum Gasteiger partial charge on any atom is 2.00 e. The smallest absolute Gasteiger partial charge is 0 e. The number of hydrogen-bond acceptors (Lipinski definition) is 10. The van der Waals surface area contributed by atoms with Crippen molar-refractivity contribution in [1.82, 2.24) is 0 Å². The van der Waals surface area contributed by atoms with Crippen molar-refractivity contribution >= 4 is 194 Å². The molecular weight excluding hydrogens is 2210 g/mol. The van der Waals surface area contributed by atoms with Gasteiger partial charge >= 0.3 is 107 Å². The summed E-state index contributed by atoms with van der Waals surface area (Å²) in [5, 5.41) is 12.1. The quantitative estimate of drug-likeness (QED) is 0.0776. The van der Waals surface area contributed by atoms with E-state index in [0.29, 0.717) is 80.6 Å².